The highest BCUT2D eigenvalue weighted by Gasteiger charge is 2.50. The van der Waals surface area contributed by atoms with Crippen molar-refractivity contribution < 1.29 is 55.1 Å². The van der Waals surface area contributed by atoms with Crippen LogP contribution in [-0.4, -0.2) is 115 Å². The summed E-state index contributed by atoms with van der Waals surface area (Å²) < 4.78 is 15.1. The highest BCUT2D eigenvalue weighted by molar-refractivity contribution is 4.93. The molecule has 8 N–H and O–H groups in total. The van der Waals surface area contributed by atoms with Crippen molar-refractivity contribution in [2.75, 3.05) is 13.2 Å². The Labute approximate surface area is 130 Å². The molecule has 0 aliphatic carbocycles. The van der Waals surface area contributed by atoms with E-state index < -0.39 is 74.6 Å². The quantitative estimate of drug-likeness (QED) is 0.243. The number of hydrogen-bond donors (Lipinski definition) is 8. The number of aliphatic hydroxyl groups is 8. The fourth-order valence-electron chi connectivity index (χ4n) is 2.55. The van der Waals surface area contributed by atoms with Crippen molar-refractivity contribution in [3.8, 4) is 0 Å². The molecule has 0 bridgehead atoms. The van der Waals surface area contributed by atoms with Gasteiger partial charge < -0.3 is 55.1 Å². The molecular formula is C12H22O11. The van der Waals surface area contributed by atoms with Crippen molar-refractivity contribution in [3.63, 3.8) is 0 Å². The molecule has 23 heavy (non-hydrogen) atoms. The van der Waals surface area contributed by atoms with Crippen molar-refractivity contribution in [2.24, 2.45) is 0 Å². The van der Waals surface area contributed by atoms with E-state index in [9.17, 15) is 30.6 Å². The van der Waals surface area contributed by atoms with Gasteiger partial charge in [0.05, 0.1) is 13.2 Å². The molecule has 2 heterocycles. The van der Waals surface area contributed by atoms with Crippen LogP contribution in [0.5, 0.6) is 0 Å². The summed E-state index contributed by atoms with van der Waals surface area (Å²) in [5.41, 5.74) is 0. The topological polar surface area (TPSA) is 190 Å². The first-order valence-corrected chi connectivity index (χ1v) is 7.08. The molecule has 11 nitrogen and oxygen atoms in total. The van der Waals surface area contributed by atoms with Crippen LogP contribution in [0.4, 0.5) is 0 Å². The van der Waals surface area contributed by atoms with E-state index in [2.05, 4.69) is 0 Å². The van der Waals surface area contributed by atoms with Crippen molar-refractivity contribution in [2.45, 2.75) is 61.4 Å². The number of hydrogen-bond acceptors (Lipinski definition) is 11. The van der Waals surface area contributed by atoms with E-state index in [0.717, 1.165) is 0 Å². The molecular weight excluding hydrogens is 320 g/mol. The highest BCUT2D eigenvalue weighted by Crippen LogP contribution is 2.28. The zero-order valence-corrected chi connectivity index (χ0v) is 12.0. The molecule has 0 saturated carbocycles. The molecule has 2 aliphatic heterocycles. The van der Waals surface area contributed by atoms with Crippen molar-refractivity contribution in [3.05, 3.63) is 0 Å². The van der Waals surface area contributed by atoms with E-state index in [1.807, 2.05) is 0 Å². The average molecular weight is 342 g/mol. The van der Waals surface area contributed by atoms with Gasteiger partial charge in [-0.3, -0.25) is 0 Å². The monoisotopic (exact) mass is 342 g/mol. The first-order valence-electron chi connectivity index (χ1n) is 7.08. The molecule has 2 aliphatic rings. The molecule has 0 aromatic carbocycles. The lowest BCUT2D eigenvalue weighted by atomic mass is 9.97. The molecule has 2 saturated heterocycles. The Morgan fingerprint density at radius 2 is 1.17 bits per heavy atom. The Morgan fingerprint density at radius 3 is 1.74 bits per heavy atom. The summed E-state index contributed by atoms with van der Waals surface area (Å²) in [7, 11) is 0. The third-order valence-corrected chi connectivity index (χ3v) is 3.98. The summed E-state index contributed by atoms with van der Waals surface area (Å²) in [5.74, 6) is 0. The normalized spacial score (nSPS) is 51.7. The van der Waals surface area contributed by atoms with E-state index >= 15 is 0 Å². The zero-order valence-electron chi connectivity index (χ0n) is 12.0. The predicted octanol–water partition coefficient (Wildman–Crippen LogP) is -5.40. The number of rotatable bonds is 4. The fraction of sp³-hybridized carbons (Fsp3) is 1.00. The Hall–Kier alpha value is -0.440. The molecule has 0 aromatic heterocycles. The van der Waals surface area contributed by atoms with Crippen LogP contribution in [-0.2, 0) is 14.2 Å². The predicted molar refractivity (Wildman–Crippen MR) is 68.6 cm³/mol. The minimum absolute atomic E-state index is 0.651. The summed E-state index contributed by atoms with van der Waals surface area (Å²) in [6, 6.07) is 0. The molecule has 136 valence electrons. The molecule has 2 unspecified atom stereocenters. The van der Waals surface area contributed by atoms with Gasteiger partial charge >= 0.3 is 0 Å². The lowest BCUT2D eigenvalue weighted by Crippen LogP contribution is -2.64. The SMILES string of the molecule is OC[C@H]1OC(O[C@@H]2C(O)O[C@H](CO)[C@@H](O)[C@@H]2O)[C@@H](O)[C@@H](O)[C@H]1O. The van der Waals surface area contributed by atoms with Crippen molar-refractivity contribution >= 4 is 0 Å². The minimum Gasteiger partial charge on any atom is -0.394 e. The van der Waals surface area contributed by atoms with Crippen LogP contribution >= 0.6 is 0 Å². The first-order chi connectivity index (χ1) is 10.8. The van der Waals surface area contributed by atoms with E-state index in [1.165, 1.54) is 0 Å². The summed E-state index contributed by atoms with van der Waals surface area (Å²) in [4.78, 5) is 0. The lowest BCUT2D eigenvalue weighted by Gasteiger charge is -2.44. The first kappa shape index (κ1) is 18.9. The Morgan fingerprint density at radius 1 is 0.652 bits per heavy atom. The second kappa shape index (κ2) is 7.63. The second-order valence-electron chi connectivity index (χ2n) is 5.53. The molecule has 0 spiro atoms. The van der Waals surface area contributed by atoms with Crippen LogP contribution in [0.25, 0.3) is 0 Å². The maximum Gasteiger partial charge on any atom is 0.187 e. The molecule has 11 heteroatoms. The van der Waals surface area contributed by atoms with Gasteiger partial charge in [0.25, 0.3) is 0 Å². The van der Waals surface area contributed by atoms with Crippen LogP contribution < -0.4 is 0 Å². The molecule has 10 atom stereocenters. The summed E-state index contributed by atoms with van der Waals surface area (Å²) in [5, 5.41) is 76.7. The molecule has 0 radical (unpaired) electrons. The smallest absolute Gasteiger partial charge is 0.187 e. The van der Waals surface area contributed by atoms with Gasteiger partial charge in [0, 0.05) is 0 Å². The summed E-state index contributed by atoms with van der Waals surface area (Å²) in [6.07, 6.45) is -15.6. The van der Waals surface area contributed by atoms with Gasteiger partial charge in [-0.25, -0.2) is 0 Å². The Bertz CT molecular complexity index is 380. The van der Waals surface area contributed by atoms with Gasteiger partial charge in [0.1, 0.15) is 48.8 Å². The van der Waals surface area contributed by atoms with E-state index in [1.54, 1.807) is 0 Å². The van der Waals surface area contributed by atoms with E-state index in [-0.39, 0.29) is 0 Å². The third kappa shape index (κ3) is 3.65. The van der Waals surface area contributed by atoms with E-state index in [4.69, 9.17) is 24.4 Å². The molecule has 2 fully saturated rings. The van der Waals surface area contributed by atoms with Crippen LogP contribution in [0.1, 0.15) is 0 Å². The van der Waals surface area contributed by atoms with Gasteiger partial charge in [-0.1, -0.05) is 0 Å². The van der Waals surface area contributed by atoms with Gasteiger partial charge in [-0.05, 0) is 0 Å². The standard InChI is InChI=1S/C12H22O11/c13-1-3-6(16)8(18)10(11(20)21-3)23-12-9(19)7(17)5(15)4(2-14)22-12/h3-20H,1-2H2/t3-,4-,5+,6-,7+,8+,9+,10+,11?,12?/m1/s1. The molecule has 0 amide bonds. The van der Waals surface area contributed by atoms with Crippen LogP contribution in [0.3, 0.4) is 0 Å². The Balaban J connectivity index is 2.08. The van der Waals surface area contributed by atoms with Crippen molar-refractivity contribution in [1.29, 1.82) is 0 Å². The Kier molecular flexibility index (Phi) is 6.27. The van der Waals surface area contributed by atoms with Crippen LogP contribution in [0.2, 0.25) is 0 Å². The minimum atomic E-state index is -1.75. The fourth-order valence-corrected chi connectivity index (χ4v) is 2.55. The lowest BCUT2D eigenvalue weighted by molar-refractivity contribution is -0.361. The molecule has 2 rings (SSSR count). The maximum atomic E-state index is 9.94. The number of ether oxygens (including phenoxy) is 3. The van der Waals surface area contributed by atoms with Gasteiger partial charge in [0.15, 0.2) is 12.6 Å². The van der Waals surface area contributed by atoms with E-state index in [0.29, 0.717) is 0 Å². The van der Waals surface area contributed by atoms with Crippen molar-refractivity contribution in [1.82, 2.24) is 0 Å². The van der Waals surface area contributed by atoms with Gasteiger partial charge in [-0.15, -0.1) is 0 Å². The summed E-state index contributed by atoms with van der Waals surface area (Å²) >= 11 is 0. The number of aliphatic hydroxyl groups excluding tert-OH is 8. The largest absolute Gasteiger partial charge is 0.394 e. The third-order valence-electron chi connectivity index (χ3n) is 3.98. The van der Waals surface area contributed by atoms with Crippen LogP contribution in [0, 0.1) is 0 Å². The summed E-state index contributed by atoms with van der Waals surface area (Å²) in [6.45, 7) is -1.33. The zero-order chi connectivity index (χ0) is 17.3. The molecule has 0 aromatic rings. The van der Waals surface area contributed by atoms with Crippen LogP contribution in [0.15, 0.2) is 0 Å². The van der Waals surface area contributed by atoms with Gasteiger partial charge in [0.2, 0.25) is 0 Å². The highest BCUT2D eigenvalue weighted by atomic mass is 16.7. The van der Waals surface area contributed by atoms with Gasteiger partial charge in [-0.2, -0.15) is 0 Å². The average Bonchev–Trinajstić information content (AvgIpc) is 2.54. The maximum absolute atomic E-state index is 9.94. The second-order valence-corrected chi connectivity index (χ2v) is 5.53.